The number of nitrogens with one attached hydrogen (secondary N) is 1. The van der Waals surface area contributed by atoms with E-state index < -0.39 is 56.4 Å². The second-order valence-electron chi connectivity index (χ2n) is 10.6. The summed E-state index contributed by atoms with van der Waals surface area (Å²) in [7, 11) is -3.79. The molecule has 0 bridgehead atoms. The maximum atomic E-state index is 15.8. The maximum absolute atomic E-state index is 15.8. The van der Waals surface area contributed by atoms with Crippen molar-refractivity contribution in [1.29, 1.82) is 0 Å². The van der Waals surface area contributed by atoms with Gasteiger partial charge in [0, 0.05) is 6.66 Å². The van der Waals surface area contributed by atoms with Crippen molar-refractivity contribution in [1.82, 2.24) is 24.6 Å². The van der Waals surface area contributed by atoms with Gasteiger partial charge in [-0.05, 0) is 46.5 Å². The summed E-state index contributed by atoms with van der Waals surface area (Å²) in [6.45, 7) is 3.51. The van der Waals surface area contributed by atoms with E-state index >= 15 is 4.39 Å². The van der Waals surface area contributed by atoms with Crippen LogP contribution in [-0.2, 0) is 23.4 Å². The molecule has 2 aliphatic rings. The highest BCUT2D eigenvalue weighted by molar-refractivity contribution is 7.56. The molecule has 6 atom stereocenters. The fourth-order valence-corrected chi connectivity index (χ4v) is 6.43. The predicted molar refractivity (Wildman–Crippen MR) is 140 cm³/mol. The van der Waals surface area contributed by atoms with E-state index in [1.54, 1.807) is 6.92 Å². The zero-order chi connectivity index (χ0) is 29.3. The number of imidazole rings is 1. The molecule has 0 aromatic carbocycles. The van der Waals surface area contributed by atoms with E-state index in [1.807, 2.05) is 0 Å². The Labute approximate surface area is 230 Å². The molecule has 1 saturated carbocycles. The number of alkyl halides is 2. The predicted octanol–water partition coefficient (Wildman–Crippen LogP) is 2.83. The van der Waals surface area contributed by atoms with Crippen LogP contribution in [0.1, 0.15) is 59.1 Å². The summed E-state index contributed by atoms with van der Waals surface area (Å²) < 4.78 is 66.8. The Kier molecular flexibility index (Phi) is 9.00. The number of aromatic nitrogens is 4. The van der Waals surface area contributed by atoms with Gasteiger partial charge in [0.2, 0.25) is 11.8 Å². The van der Waals surface area contributed by atoms with Crippen LogP contribution in [0.25, 0.3) is 11.2 Å². The van der Waals surface area contributed by atoms with Gasteiger partial charge in [-0.2, -0.15) is 9.97 Å². The van der Waals surface area contributed by atoms with Gasteiger partial charge in [-0.25, -0.2) is 18.9 Å². The Balaban J connectivity index is 1.49. The fraction of sp³-hybridized carbons (Fsp3) is 0.750. The Morgan fingerprint density at radius 1 is 1.38 bits per heavy atom. The molecule has 0 amide bonds. The highest BCUT2D eigenvalue weighted by Crippen LogP contribution is 2.50. The van der Waals surface area contributed by atoms with Gasteiger partial charge in [-0.3, -0.25) is 13.9 Å². The Bertz CT molecular complexity index is 1260. The van der Waals surface area contributed by atoms with Gasteiger partial charge >= 0.3 is 5.97 Å². The molecule has 1 saturated heterocycles. The van der Waals surface area contributed by atoms with Crippen LogP contribution in [0.2, 0.25) is 0 Å². The molecule has 0 spiro atoms. The monoisotopic (exact) mass is 590 g/mol. The minimum Gasteiger partial charge on any atom is -0.476 e. The number of halogens is 2. The maximum Gasteiger partial charge on any atom is 0.323 e. The fourth-order valence-electron chi connectivity index (χ4n) is 5.08. The summed E-state index contributed by atoms with van der Waals surface area (Å²) in [5.41, 5.74) is 1.40. The normalized spacial score (nSPS) is 29.8. The van der Waals surface area contributed by atoms with Crippen molar-refractivity contribution in [3.05, 3.63) is 6.33 Å². The van der Waals surface area contributed by atoms with Gasteiger partial charge < -0.3 is 29.6 Å². The summed E-state index contributed by atoms with van der Waals surface area (Å²) in [4.78, 5) is 24.8. The van der Waals surface area contributed by atoms with Gasteiger partial charge in [0.15, 0.2) is 29.2 Å². The molecule has 2 aromatic rings. The molecule has 2 aromatic heterocycles. The number of ether oxygens (including phenoxy) is 3. The molecule has 224 valence electrons. The number of hydrogen-bond donors (Lipinski definition) is 3. The third-order valence-corrected chi connectivity index (χ3v) is 8.64. The highest BCUT2D eigenvalue weighted by atomic mass is 31.2. The van der Waals surface area contributed by atoms with E-state index in [-0.39, 0.29) is 35.7 Å². The first kappa shape index (κ1) is 30.5. The lowest BCUT2D eigenvalue weighted by Crippen LogP contribution is -2.50. The van der Waals surface area contributed by atoms with Crippen LogP contribution >= 0.6 is 7.52 Å². The number of fused-ring (bicyclic) bond motifs is 1. The second-order valence-corrected chi connectivity index (χ2v) is 12.8. The van der Waals surface area contributed by atoms with Crippen LogP contribution < -0.4 is 15.6 Å². The van der Waals surface area contributed by atoms with E-state index in [0.717, 1.165) is 39.0 Å². The first-order valence-electron chi connectivity index (χ1n) is 13.3. The average molecular weight is 591 g/mol. The first-order chi connectivity index (χ1) is 18.8. The quantitative estimate of drug-likeness (QED) is 0.258. The topological polar surface area (TPSA) is 173 Å². The van der Waals surface area contributed by atoms with Crippen molar-refractivity contribution >= 4 is 30.6 Å². The van der Waals surface area contributed by atoms with Gasteiger partial charge in [0.25, 0.3) is 7.52 Å². The summed E-state index contributed by atoms with van der Waals surface area (Å²) in [5.74, 6) is -0.685. The Morgan fingerprint density at radius 3 is 2.73 bits per heavy atom. The lowest BCUT2D eigenvalue weighted by molar-refractivity contribution is -0.152. The largest absolute Gasteiger partial charge is 0.476 e. The molecule has 40 heavy (non-hydrogen) atoms. The smallest absolute Gasteiger partial charge is 0.323 e. The highest BCUT2D eigenvalue weighted by Gasteiger charge is 2.64. The van der Waals surface area contributed by atoms with Gasteiger partial charge in [-0.15, -0.1) is 0 Å². The number of aliphatic hydroxyl groups is 1. The van der Waals surface area contributed by atoms with Crippen molar-refractivity contribution in [2.24, 2.45) is 0 Å². The number of hydrogen-bond acceptors (Lipinski definition) is 11. The van der Waals surface area contributed by atoms with Crippen LogP contribution in [-0.4, -0.2) is 86.7 Å². The average Bonchev–Trinajstić information content (AvgIpc) is 3.40. The number of esters is 1. The van der Waals surface area contributed by atoms with E-state index in [0.29, 0.717) is 0 Å². The number of nitrogens with two attached hydrogens (primary N) is 1. The number of carbonyl (C=O) groups is 1. The third-order valence-electron chi connectivity index (χ3n) is 7.16. The molecule has 3 heterocycles. The molecule has 1 aliphatic carbocycles. The number of nitrogen functional groups attached to an aromatic ring is 1. The molecule has 4 N–H and O–H groups in total. The van der Waals surface area contributed by atoms with Crippen molar-refractivity contribution in [3.63, 3.8) is 0 Å². The lowest BCUT2D eigenvalue weighted by Gasteiger charge is -2.30. The standard InChI is InChI=1S/C24H37F2N6O7P/c1-5-36-18-16-17(29-22(27)30-18)32(13-28-16)21-23(3,34)20(26)24(11-25,39-21)12-37-40(4,35)31-14(2)19(33)38-15-9-7-6-8-10-15/h13-15,20-21,34H,5-12H2,1-4H3,(H,31,35)(H2,27,29,30)/t14-,20-,21+,23+,24+,40?/m0/s1. The van der Waals surface area contributed by atoms with Crippen molar-refractivity contribution in [2.45, 2.75) is 88.6 Å². The first-order valence-corrected chi connectivity index (χ1v) is 15.3. The number of carbonyl (C=O) groups excluding carboxylic acids is 1. The zero-order valence-corrected chi connectivity index (χ0v) is 23.9. The Morgan fingerprint density at radius 2 is 2.08 bits per heavy atom. The van der Waals surface area contributed by atoms with E-state index in [1.165, 1.54) is 24.5 Å². The molecule has 13 nitrogen and oxygen atoms in total. The van der Waals surface area contributed by atoms with Crippen molar-refractivity contribution in [2.75, 3.05) is 32.3 Å². The molecule has 2 fully saturated rings. The summed E-state index contributed by atoms with van der Waals surface area (Å²) in [5, 5.41) is 13.7. The molecular weight excluding hydrogens is 553 g/mol. The van der Waals surface area contributed by atoms with E-state index in [9.17, 15) is 18.9 Å². The number of rotatable bonds is 11. The minimum absolute atomic E-state index is 0.0668. The van der Waals surface area contributed by atoms with Crippen molar-refractivity contribution in [3.8, 4) is 5.88 Å². The van der Waals surface area contributed by atoms with Gasteiger partial charge in [0.05, 0.1) is 19.5 Å². The van der Waals surface area contributed by atoms with Crippen molar-refractivity contribution < 1.29 is 42.0 Å². The molecule has 1 unspecified atom stereocenters. The second kappa shape index (κ2) is 11.8. The van der Waals surface area contributed by atoms with Crippen LogP contribution in [0.5, 0.6) is 5.88 Å². The summed E-state index contributed by atoms with van der Waals surface area (Å²) >= 11 is 0. The summed E-state index contributed by atoms with van der Waals surface area (Å²) in [6, 6.07) is -0.998. The zero-order valence-electron chi connectivity index (χ0n) is 23.0. The van der Waals surface area contributed by atoms with Crippen LogP contribution in [0.3, 0.4) is 0 Å². The molecule has 4 rings (SSSR count). The van der Waals surface area contributed by atoms with E-state index in [4.69, 9.17) is 24.5 Å². The SMILES string of the molecule is CCOc1nc(N)nc2c1ncn2[C@@H]1O[C@](CF)(COP(C)(=O)N[C@@H](C)C(=O)OC2CCCCC2)[C@@H](F)[C@@]1(C)O. The molecule has 1 aliphatic heterocycles. The van der Waals surface area contributed by atoms with Gasteiger partial charge in [0.1, 0.15) is 24.4 Å². The van der Waals surface area contributed by atoms with Crippen LogP contribution in [0.15, 0.2) is 6.33 Å². The van der Waals surface area contributed by atoms with Crippen LogP contribution in [0.4, 0.5) is 14.7 Å². The summed E-state index contributed by atoms with van der Waals surface area (Å²) in [6.07, 6.45) is 1.74. The van der Waals surface area contributed by atoms with E-state index in [2.05, 4.69) is 20.0 Å². The lowest BCUT2D eigenvalue weighted by atomic mass is 9.90. The number of nitrogens with zero attached hydrogens (tertiary/aromatic N) is 4. The Hall–Kier alpha value is -2.45. The molecular formula is C24H37F2N6O7P. The third kappa shape index (κ3) is 6.08. The van der Waals surface area contributed by atoms with Gasteiger partial charge in [-0.1, -0.05) is 6.42 Å². The molecule has 0 radical (unpaired) electrons. The van der Waals surface area contributed by atoms with Crippen LogP contribution in [0, 0.1) is 0 Å². The minimum atomic E-state index is -3.79. The molecule has 16 heteroatoms. The number of anilines is 1.